The number of rotatable bonds is 5. The van der Waals surface area contributed by atoms with Crippen molar-refractivity contribution in [3.63, 3.8) is 0 Å². The molecule has 0 bridgehead atoms. The van der Waals surface area contributed by atoms with Crippen molar-refractivity contribution in [2.24, 2.45) is 4.99 Å². The summed E-state index contributed by atoms with van der Waals surface area (Å²) in [7, 11) is 1.59. The van der Waals surface area contributed by atoms with Gasteiger partial charge in [-0.05, 0) is 17.7 Å². The minimum atomic E-state index is -4.41. The second-order valence-corrected chi connectivity index (χ2v) is 5.80. The number of aromatic nitrogens is 1. The van der Waals surface area contributed by atoms with Crippen LogP contribution in [0.1, 0.15) is 16.3 Å². The van der Waals surface area contributed by atoms with E-state index in [0.717, 1.165) is 22.3 Å². The van der Waals surface area contributed by atoms with Crippen LogP contribution in [0.15, 0.2) is 34.6 Å². The number of aliphatic imine (C=N–C) groups is 1. The Bertz CT molecular complexity index is 680. The van der Waals surface area contributed by atoms with Crippen LogP contribution in [0, 0.1) is 5.82 Å². The summed E-state index contributed by atoms with van der Waals surface area (Å²) < 4.78 is 50.2. The summed E-state index contributed by atoms with van der Waals surface area (Å²) in [5.74, 6) is 0.204. The number of guanidine groups is 1. The first kappa shape index (κ1) is 18.2. The Hall–Kier alpha value is -2.16. The third-order valence-corrected chi connectivity index (χ3v) is 3.98. The predicted octanol–water partition coefficient (Wildman–Crippen LogP) is 3.21. The fourth-order valence-electron chi connectivity index (χ4n) is 1.85. The molecule has 0 unspecified atom stereocenters. The molecule has 1 aromatic heterocycles. The number of alkyl halides is 3. The van der Waals surface area contributed by atoms with Crippen LogP contribution in [0.4, 0.5) is 17.6 Å². The quantitative estimate of drug-likeness (QED) is 0.489. The third-order valence-electron chi connectivity index (χ3n) is 3.07. The van der Waals surface area contributed by atoms with Gasteiger partial charge in [0.1, 0.15) is 5.82 Å². The van der Waals surface area contributed by atoms with Gasteiger partial charge in [-0.2, -0.15) is 13.2 Å². The van der Waals surface area contributed by atoms with Crippen LogP contribution in [-0.4, -0.2) is 24.5 Å². The predicted molar refractivity (Wildman–Crippen MR) is 85.4 cm³/mol. The maximum atomic E-state index is 12.8. The smallest absolute Gasteiger partial charge is 0.356 e. The van der Waals surface area contributed by atoms with Gasteiger partial charge in [0, 0.05) is 31.9 Å². The van der Waals surface area contributed by atoms with Gasteiger partial charge in [0.05, 0.1) is 5.01 Å². The van der Waals surface area contributed by atoms with Crippen molar-refractivity contribution in [1.29, 1.82) is 0 Å². The molecule has 130 valence electrons. The summed E-state index contributed by atoms with van der Waals surface area (Å²) in [6.07, 6.45) is -4.05. The Morgan fingerprint density at radius 1 is 1.21 bits per heavy atom. The highest BCUT2D eigenvalue weighted by molar-refractivity contribution is 7.09. The van der Waals surface area contributed by atoms with Crippen LogP contribution in [-0.2, 0) is 19.1 Å². The van der Waals surface area contributed by atoms with E-state index >= 15 is 0 Å². The largest absolute Gasteiger partial charge is 0.434 e. The zero-order valence-corrected chi connectivity index (χ0v) is 13.6. The number of nitrogens with zero attached hydrogens (tertiary/aromatic N) is 2. The summed E-state index contributed by atoms with van der Waals surface area (Å²) in [5.41, 5.74) is 0.0235. The fourth-order valence-corrected chi connectivity index (χ4v) is 2.66. The minimum Gasteiger partial charge on any atom is -0.356 e. The summed E-state index contributed by atoms with van der Waals surface area (Å²) in [6.45, 7) is 0.851. The van der Waals surface area contributed by atoms with Crippen molar-refractivity contribution in [3.8, 4) is 0 Å². The maximum Gasteiger partial charge on any atom is 0.434 e. The van der Waals surface area contributed by atoms with E-state index < -0.39 is 11.9 Å². The highest BCUT2D eigenvalue weighted by Gasteiger charge is 2.33. The van der Waals surface area contributed by atoms with Crippen LogP contribution in [0.3, 0.4) is 0 Å². The van der Waals surface area contributed by atoms with Crippen molar-refractivity contribution in [3.05, 3.63) is 51.7 Å². The maximum absolute atomic E-state index is 12.8. The molecule has 1 heterocycles. The third kappa shape index (κ3) is 5.48. The fraction of sp³-hybridized carbons (Fsp3) is 0.333. The lowest BCUT2D eigenvalue weighted by molar-refractivity contribution is -0.140. The number of halogens is 4. The van der Waals surface area contributed by atoms with E-state index in [2.05, 4.69) is 20.6 Å². The van der Waals surface area contributed by atoms with E-state index in [1.54, 1.807) is 19.2 Å². The number of hydrogen-bond donors (Lipinski definition) is 2. The standard InChI is InChI=1S/C15H16F4N4S/c1-20-14(22-8-10-2-4-11(16)5-3-10)21-7-6-13-23-12(9-24-13)15(17,18)19/h2-5,9H,6-8H2,1H3,(H2,20,21,22). The summed E-state index contributed by atoms with van der Waals surface area (Å²) in [4.78, 5) is 7.58. The zero-order chi connectivity index (χ0) is 17.6. The lowest BCUT2D eigenvalue weighted by Gasteiger charge is -2.11. The molecule has 0 aliphatic heterocycles. The van der Waals surface area contributed by atoms with E-state index in [-0.39, 0.29) is 5.82 Å². The molecule has 0 spiro atoms. The average Bonchev–Trinajstić information content (AvgIpc) is 3.01. The van der Waals surface area contributed by atoms with Gasteiger partial charge in [-0.25, -0.2) is 9.37 Å². The van der Waals surface area contributed by atoms with E-state index in [9.17, 15) is 17.6 Å². The van der Waals surface area contributed by atoms with Crippen LogP contribution in [0.2, 0.25) is 0 Å². The average molecular weight is 360 g/mol. The number of thiazole rings is 1. The Balaban J connectivity index is 1.77. The molecule has 0 atom stereocenters. The van der Waals surface area contributed by atoms with Crippen LogP contribution in [0.25, 0.3) is 0 Å². The normalized spacial score (nSPS) is 12.3. The van der Waals surface area contributed by atoms with Gasteiger partial charge in [0.2, 0.25) is 0 Å². The monoisotopic (exact) mass is 360 g/mol. The molecule has 0 aliphatic rings. The molecular formula is C15H16F4N4S. The first-order chi connectivity index (χ1) is 11.4. The molecule has 1 aromatic carbocycles. The van der Waals surface area contributed by atoms with Crippen molar-refractivity contribution >= 4 is 17.3 Å². The summed E-state index contributed by atoms with van der Waals surface area (Å²) >= 11 is 0.980. The zero-order valence-electron chi connectivity index (χ0n) is 12.8. The van der Waals surface area contributed by atoms with Crippen LogP contribution >= 0.6 is 11.3 Å². The molecular weight excluding hydrogens is 344 g/mol. The van der Waals surface area contributed by atoms with Gasteiger partial charge in [-0.1, -0.05) is 12.1 Å². The van der Waals surface area contributed by atoms with Gasteiger partial charge in [-0.15, -0.1) is 11.3 Å². The molecule has 0 fully saturated rings. The van der Waals surface area contributed by atoms with Gasteiger partial charge in [0.15, 0.2) is 11.7 Å². The topological polar surface area (TPSA) is 49.3 Å². The molecule has 2 N–H and O–H groups in total. The number of hydrogen-bond acceptors (Lipinski definition) is 3. The van der Waals surface area contributed by atoms with Crippen molar-refractivity contribution in [2.75, 3.05) is 13.6 Å². The molecule has 0 amide bonds. The molecule has 9 heteroatoms. The highest BCUT2D eigenvalue weighted by atomic mass is 32.1. The van der Waals surface area contributed by atoms with Crippen molar-refractivity contribution < 1.29 is 17.6 Å². The lowest BCUT2D eigenvalue weighted by Crippen LogP contribution is -2.37. The van der Waals surface area contributed by atoms with Crippen molar-refractivity contribution in [1.82, 2.24) is 15.6 Å². The van der Waals surface area contributed by atoms with Crippen LogP contribution < -0.4 is 10.6 Å². The lowest BCUT2D eigenvalue weighted by atomic mass is 10.2. The van der Waals surface area contributed by atoms with Gasteiger partial charge < -0.3 is 10.6 Å². The van der Waals surface area contributed by atoms with Gasteiger partial charge in [0.25, 0.3) is 0 Å². The Morgan fingerprint density at radius 2 is 1.92 bits per heavy atom. The molecule has 2 rings (SSSR count). The Labute approximate surface area is 140 Å². The van der Waals surface area contributed by atoms with E-state index in [0.29, 0.717) is 30.5 Å². The van der Waals surface area contributed by atoms with E-state index in [4.69, 9.17) is 0 Å². The van der Waals surface area contributed by atoms with Gasteiger partial charge >= 0.3 is 6.18 Å². The Kier molecular flexibility index (Phi) is 6.13. The van der Waals surface area contributed by atoms with Crippen LogP contribution in [0.5, 0.6) is 0 Å². The molecule has 0 saturated carbocycles. The van der Waals surface area contributed by atoms with E-state index in [1.807, 2.05) is 0 Å². The number of nitrogens with one attached hydrogen (secondary N) is 2. The summed E-state index contributed by atoms with van der Waals surface area (Å²) in [6, 6.07) is 6.05. The minimum absolute atomic E-state index is 0.303. The highest BCUT2D eigenvalue weighted by Crippen LogP contribution is 2.29. The molecule has 2 aromatic rings. The van der Waals surface area contributed by atoms with E-state index in [1.165, 1.54) is 12.1 Å². The second kappa shape index (κ2) is 8.09. The van der Waals surface area contributed by atoms with Crippen molar-refractivity contribution in [2.45, 2.75) is 19.1 Å². The SMILES string of the molecule is CN=C(NCCc1nc(C(F)(F)F)cs1)NCc1ccc(F)cc1. The second-order valence-electron chi connectivity index (χ2n) is 4.85. The molecule has 24 heavy (non-hydrogen) atoms. The first-order valence-electron chi connectivity index (χ1n) is 7.09. The first-order valence-corrected chi connectivity index (χ1v) is 7.97. The molecule has 0 aliphatic carbocycles. The summed E-state index contributed by atoms with van der Waals surface area (Å²) in [5, 5.41) is 7.46. The van der Waals surface area contributed by atoms with Gasteiger partial charge in [-0.3, -0.25) is 4.99 Å². The molecule has 0 saturated heterocycles. The number of benzene rings is 1. The Morgan fingerprint density at radius 3 is 2.50 bits per heavy atom. The molecule has 0 radical (unpaired) electrons. The molecule has 4 nitrogen and oxygen atoms in total.